The van der Waals surface area contributed by atoms with Crippen LogP contribution in [0.1, 0.15) is 19.3 Å². The summed E-state index contributed by atoms with van der Waals surface area (Å²) in [6.45, 7) is 4.19. The molecule has 86 valence electrons. The van der Waals surface area contributed by atoms with Crippen molar-refractivity contribution in [1.82, 2.24) is 4.90 Å². The van der Waals surface area contributed by atoms with Crippen molar-refractivity contribution in [1.29, 1.82) is 0 Å². The van der Waals surface area contributed by atoms with E-state index < -0.39 is 0 Å². The van der Waals surface area contributed by atoms with E-state index in [1.54, 1.807) is 0 Å². The SMILES string of the molecule is NC(N)=NC(N)=NCCCN1CCCC1. The largest absolute Gasteiger partial charge is 0.370 e. The highest BCUT2D eigenvalue weighted by molar-refractivity contribution is 5.92. The van der Waals surface area contributed by atoms with Crippen LogP contribution in [-0.2, 0) is 0 Å². The maximum absolute atomic E-state index is 5.46. The lowest BCUT2D eigenvalue weighted by Crippen LogP contribution is -2.26. The van der Waals surface area contributed by atoms with Gasteiger partial charge in [-0.1, -0.05) is 0 Å². The van der Waals surface area contributed by atoms with Gasteiger partial charge in [0.05, 0.1) is 0 Å². The molecule has 15 heavy (non-hydrogen) atoms. The second-order valence-electron chi connectivity index (χ2n) is 3.68. The summed E-state index contributed by atoms with van der Waals surface area (Å²) in [6, 6.07) is 0. The predicted molar refractivity (Wildman–Crippen MR) is 62.6 cm³/mol. The minimum absolute atomic E-state index is 0.0456. The molecule has 6 nitrogen and oxygen atoms in total. The molecule has 1 fully saturated rings. The van der Waals surface area contributed by atoms with Crippen LogP contribution in [0.25, 0.3) is 0 Å². The molecule has 0 atom stereocenters. The van der Waals surface area contributed by atoms with Gasteiger partial charge in [-0.3, -0.25) is 4.99 Å². The topological polar surface area (TPSA) is 106 Å². The summed E-state index contributed by atoms with van der Waals surface area (Å²) in [5.41, 5.74) is 15.8. The Morgan fingerprint density at radius 1 is 1.13 bits per heavy atom. The molecule has 0 radical (unpaired) electrons. The third-order valence-electron chi connectivity index (χ3n) is 2.35. The second kappa shape index (κ2) is 6.23. The maximum atomic E-state index is 5.46. The number of guanidine groups is 2. The summed E-state index contributed by atoms with van der Waals surface area (Å²) in [5, 5.41) is 0. The number of likely N-dealkylation sites (tertiary alicyclic amines) is 1. The fourth-order valence-corrected chi connectivity index (χ4v) is 1.66. The van der Waals surface area contributed by atoms with Crippen LogP contribution in [-0.4, -0.2) is 43.0 Å². The Morgan fingerprint density at radius 3 is 2.40 bits per heavy atom. The Balaban J connectivity index is 2.12. The van der Waals surface area contributed by atoms with E-state index >= 15 is 0 Å². The normalized spacial score (nSPS) is 18.0. The van der Waals surface area contributed by atoms with Crippen molar-refractivity contribution < 1.29 is 0 Å². The molecule has 1 aliphatic heterocycles. The van der Waals surface area contributed by atoms with E-state index in [4.69, 9.17) is 17.2 Å². The lowest BCUT2D eigenvalue weighted by Gasteiger charge is -2.12. The summed E-state index contributed by atoms with van der Waals surface area (Å²) < 4.78 is 0. The molecule has 0 aromatic rings. The molecule has 0 aliphatic carbocycles. The highest BCUT2D eigenvalue weighted by atomic mass is 15.1. The number of hydrogen-bond acceptors (Lipinski definition) is 2. The Hall–Kier alpha value is -1.30. The lowest BCUT2D eigenvalue weighted by atomic mass is 10.4. The highest BCUT2D eigenvalue weighted by Gasteiger charge is 2.09. The van der Waals surface area contributed by atoms with Crippen molar-refractivity contribution in [3.8, 4) is 0 Å². The Labute approximate surface area is 90.2 Å². The van der Waals surface area contributed by atoms with E-state index in [0.717, 1.165) is 13.0 Å². The first kappa shape index (κ1) is 11.8. The molecule has 1 aliphatic rings. The van der Waals surface area contributed by atoms with Gasteiger partial charge in [-0.2, -0.15) is 4.99 Å². The van der Waals surface area contributed by atoms with Crippen LogP contribution in [0.2, 0.25) is 0 Å². The first-order valence-corrected chi connectivity index (χ1v) is 5.30. The third-order valence-corrected chi connectivity index (χ3v) is 2.35. The monoisotopic (exact) mass is 212 g/mol. The Morgan fingerprint density at radius 2 is 1.80 bits per heavy atom. The third kappa shape index (κ3) is 5.21. The predicted octanol–water partition coefficient (Wildman–Crippen LogP) is -0.940. The van der Waals surface area contributed by atoms with Crippen molar-refractivity contribution in [2.24, 2.45) is 27.2 Å². The van der Waals surface area contributed by atoms with Crippen molar-refractivity contribution in [2.75, 3.05) is 26.2 Å². The Bertz CT molecular complexity index is 237. The first-order chi connectivity index (χ1) is 7.18. The van der Waals surface area contributed by atoms with E-state index in [1.165, 1.54) is 25.9 Å². The summed E-state index contributed by atoms with van der Waals surface area (Å²) in [4.78, 5) is 10.1. The van der Waals surface area contributed by atoms with Gasteiger partial charge in [-0.05, 0) is 38.9 Å². The quantitative estimate of drug-likeness (QED) is 0.317. The minimum atomic E-state index is -0.0456. The van der Waals surface area contributed by atoms with Crippen LogP contribution >= 0.6 is 0 Å². The van der Waals surface area contributed by atoms with Gasteiger partial charge in [0.2, 0.25) is 5.96 Å². The van der Waals surface area contributed by atoms with E-state index in [1.807, 2.05) is 0 Å². The second-order valence-corrected chi connectivity index (χ2v) is 3.68. The van der Waals surface area contributed by atoms with Crippen molar-refractivity contribution in [2.45, 2.75) is 19.3 Å². The zero-order valence-corrected chi connectivity index (χ0v) is 9.02. The van der Waals surface area contributed by atoms with Gasteiger partial charge in [0.1, 0.15) is 0 Å². The molecule has 0 unspecified atom stereocenters. The summed E-state index contributed by atoms with van der Waals surface area (Å²) in [6.07, 6.45) is 3.64. The van der Waals surface area contributed by atoms with Gasteiger partial charge in [0.15, 0.2) is 5.96 Å². The summed E-state index contributed by atoms with van der Waals surface area (Å²) in [5.74, 6) is 0.118. The van der Waals surface area contributed by atoms with Crippen molar-refractivity contribution in [3.63, 3.8) is 0 Å². The Kier molecular flexibility index (Phi) is 4.89. The average Bonchev–Trinajstić information content (AvgIpc) is 2.63. The number of rotatable bonds is 4. The average molecular weight is 212 g/mol. The minimum Gasteiger partial charge on any atom is -0.370 e. The number of hydrogen-bond donors (Lipinski definition) is 3. The van der Waals surface area contributed by atoms with Crippen LogP contribution < -0.4 is 17.2 Å². The van der Waals surface area contributed by atoms with Gasteiger partial charge in [0, 0.05) is 6.54 Å². The van der Waals surface area contributed by atoms with Crippen LogP contribution in [0, 0.1) is 0 Å². The van der Waals surface area contributed by atoms with Gasteiger partial charge in [-0.25, -0.2) is 0 Å². The molecule has 0 aromatic carbocycles. The summed E-state index contributed by atoms with van der Waals surface area (Å²) in [7, 11) is 0. The molecular formula is C9H20N6. The molecular weight excluding hydrogens is 192 g/mol. The van der Waals surface area contributed by atoms with E-state index in [2.05, 4.69) is 14.9 Å². The van der Waals surface area contributed by atoms with Crippen molar-refractivity contribution >= 4 is 11.9 Å². The van der Waals surface area contributed by atoms with E-state index in [9.17, 15) is 0 Å². The number of nitrogens with zero attached hydrogens (tertiary/aromatic N) is 3. The smallest absolute Gasteiger partial charge is 0.218 e. The fraction of sp³-hybridized carbons (Fsp3) is 0.778. The molecule has 0 amide bonds. The zero-order chi connectivity index (χ0) is 11.1. The fourth-order valence-electron chi connectivity index (χ4n) is 1.66. The molecule has 1 heterocycles. The molecule has 0 spiro atoms. The number of aliphatic imine (C=N–C) groups is 2. The molecule has 0 saturated carbocycles. The van der Waals surface area contributed by atoms with Crippen LogP contribution in [0.4, 0.5) is 0 Å². The zero-order valence-electron chi connectivity index (χ0n) is 9.02. The molecule has 1 saturated heterocycles. The van der Waals surface area contributed by atoms with E-state index in [0.29, 0.717) is 6.54 Å². The molecule has 1 rings (SSSR count). The molecule has 6 heteroatoms. The van der Waals surface area contributed by atoms with Crippen molar-refractivity contribution in [3.05, 3.63) is 0 Å². The van der Waals surface area contributed by atoms with Gasteiger partial charge in [0.25, 0.3) is 0 Å². The number of nitrogens with two attached hydrogens (primary N) is 3. The van der Waals surface area contributed by atoms with Crippen LogP contribution in [0.15, 0.2) is 9.98 Å². The molecule has 6 N–H and O–H groups in total. The summed E-state index contributed by atoms with van der Waals surface area (Å²) >= 11 is 0. The lowest BCUT2D eigenvalue weighted by molar-refractivity contribution is 0.336. The molecule has 0 aromatic heterocycles. The highest BCUT2D eigenvalue weighted by Crippen LogP contribution is 2.07. The van der Waals surface area contributed by atoms with Gasteiger partial charge >= 0.3 is 0 Å². The standard InChI is InChI=1S/C9H20N6/c10-8(11)14-9(12)13-4-3-7-15-5-1-2-6-15/h1-7H2,(H6,10,11,12,13,14). The first-order valence-electron chi connectivity index (χ1n) is 5.30. The van der Waals surface area contributed by atoms with Crippen LogP contribution in [0.3, 0.4) is 0 Å². The van der Waals surface area contributed by atoms with Gasteiger partial charge in [-0.15, -0.1) is 0 Å². The van der Waals surface area contributed by atoms with Crippen LogP contribution in [0.5, 0.6) is 0 Å². The molecule has 0 bridgehead atoms. The maximum Gasteiger partial charge on any atom is 0.218 e. The van der Waals surface area contributed by atoms with E-state index in [-0.39, 0.29) is 11.9 Å². The van der Waals surface area contributed by atoms with Gasteiger partial charge < -0.3 is 22.1 Å².